The summed E-state index contributed by atoms with van der Waals surface area (Å²) in [7, 11) is 0. The van der Waals surface area contributed by atoms with Gasteiger partial charge in [-0.1, -0.05) is 36.4 Å². The summed E-state index contributed by atoms with van der Waals surface area (Å²) in [6.07, 6.45) is -0.623. The Morgan fingerprint density at radius 3 is 2.71 bits per heavy atom. The molecule has 0 saturated heterocycles. The highest BCUT2D eigenvalue weighted by Crippen LogP contribution is 2.23. The second-order valence-corrected chi connectivity index (χ2v) is 7.08. The van der Waals surface area contributed by atoms with Crippen molar-refractivity contribution in [2.75, 3.05) is 13.1 Å². The van der Waals surface area contributed by atoms with Gasteiger partial charge in [-0.15, -0.1) is 11.3 Å². The summed E-state index contributed by atoms with van der Waals surface area (Å²) in [5.74, 6) is -0.278. The molecule has 0 aliphatic rings. The molecule has 0 unspecified atom stereocenters. The second kappa shape index (κ2) is 9.70. The fourth-order valence-corrected chi connectivity index (χ4v) is 3.25. The van der Waals surface area contributed by atoms with Crippen molar-refractivity contribution < 1.29 is 14.3 Å². The van der Waals surface area contributed by atoms with Gasteiger partial charge in [0.1, 0.15) is 12.3 Å². The van der Waals surface area contributed by atoms with Gasteiger partial charge in [0.15, 0.2) is 0 Å². The third-order valence-corrected chi connectivity index (χ3v) is 4.90. The van der Waals surface area contributed by atoms with Crippen molar-refractivity contribution >= 4 is 23.3 Å². The van der Waals surface area contributed by atoms with E-state index in [2.05, 4.69) is 15.7 Å². The Balaban J connectivity index is 1.35. The zero-order valence-electron chi connectivity index (χ0n) is 15.6. The zero-order valence-corrected chi connectivity index (χ0v) is 16.4. The van der Waals surface area contributed by atoms with Crippen LogP contribution in [0.1, 0.15) is 11.3 Å². The Hall–Kier alpha value is -3.13. The van der Waals surface area contributed by atoms with Crippen molar-refractivity contribution in [3.05, 3.63) is 65.2 Å². The summed E-state index contributed by atoms with van der Waals surface area (Å²) in [5.41, 5.74) is 2.85. The Morgan fingerprint density at radius 1 is 1.14 bits per heavy atom. The fraction of sp³-hybridized carbons (Fsp3) is 0.250. The van der Waals surface area contributed by atoms with Crippen molar-refractivity contribution in [2.45, 2.75) is 20.1 Å². The lowest BCUT2D eigenvalue weighted by Gasteiger charge is -2.09. The van der Waals surface area contributed by atoms with Crippen LogP contribution in [0.15, 0.2) is 53.9 Å². The van der Waals surface area contributed by atoms with Crippen LogP contribution >= 0.6 is 11.3 Å². The van der Waals surface area contributed by atoms with Crippen LogP contribution in [0.4, 0.5) is 4.79 Å². The molecule has 2 heterocycles. The summed E-state index contributed by atoms with van der Waals surface area (Å²) in [6, 6.07) is 15.4. The number of aryl methyl sites for hydroxylation is 1. The van der Waals surface area contributed by atoms with E-state index in [0.717, 1.165) is 21.8 Å². The summed E-state index contributed by atoms with van der Waals surface area (Å²) >= 11 is 1.64. The quantitative estimate of drug-likeness (QED) is 0.611. The predicted octanol–water partition coefficient (Wildman–Crippen LogP) is 2.96. The normalized spacial score (nSPS) is 10.5. The molecule has 0 radical (unpaired) electrons. The highest BCUT2D eigenvalue weighted by molar-refractivity contribution is 7.13. The first kappa shape index (κ1) is 19.6. The Labute approximate surface area is 167 Å². The number of nitrogens with one attached hydrogen (secondary N) is 2. The van der Waals surface area contributed by atoms with Crippen molar-refractivity contribution in [1.29, 1.82) is 0 Å². The number of ether oxygens (including phenoxy) is 1. The average Bonchev–Trinajstić information content (AvgIpc) is 3.36. The first-order chi connectivity index (χ1) is 13.6. The monoisotopic (exact) mass is 398 g/mol. The number of carbonyl (C=O) groups is 2. The molecular formula is C20H22N4O3S. The van der Waals surface area contributed by atoms with Gasteiger partial charge in [-0.05, 0) is 30.0 Å². The Morgan fingerprint density at radius 2 is 1.96 bits per heavy atom. The lowest BCUT2D eigenvalue weighted by Crippen LogP contribution is -2.38. The minimum absolute atomic E-state index is 0.133. The number of carbonyl (C=O) groups excluding carboxylic acids is 2. The Kier molecular flexibility index (Phi) is 6.80. The van der Waals surface area contributed by atoms with E-state index >= 15 is 0 Å². The van der Waals surface area contributed by atoms with E-state index < -0.39 is 6.09 Å². The maximum absolute atomic E-state index is 11.9. The standard InChI is InChI=1S/C20H22N4O3S/c1-15-12-17(18-8-5-11-28-18)23-24(15)10-9-21-19(25)13-22-20(26)27-14-16-6-3-2-4-7-16/h2-8,11-12H,9-10,13-14H2,1H3,(H,21,25)(H,22,26). The maximum Gasteiger partial charge on any atom is 0.407 e. The van der Waals surface area contributed by atoms with Crippen LogP contribution in [-0.2, 0) is 22.7 Å². The molecule has 2 N–H and O–H groups in total. The summed E-state index contributed by atoms with van der Waals surface area (Å²) < 4.78 is 6.92. The van der Waals surface area contributed by atoms with Crippen LogP contribution < -0.4 is 10.6 Å². The molecule has 28 heavy (non-hydrogen) atoms. The molecule has 2 aromatic heterocycles. The van der Waals surface area contributed by atoms with Gasteiger partial charge in [0.05, 0.1) is 18.0 Å². The molecular weight excluding hydrogens is 376 g/mol. The van der Waals surface area contributed by atoms with E-state index in [0.29, 0.717) is 13.1 Å². The predicted molar refractivity (Wildman–Crippen MR) is 108 cm³/mol. The van der Waals surface area contributed by atoms with Crippen molar-refractivity contribution in [3.8, 4) is 10.6 Å². The van der Waals surface area contributed by atoms with Crippen molar-refractivity contribution in [3.63, 3.8) is 0 Å². The molecule has 0 bridgehead atoms. The summed E-state index contributed by atoms with van der Waals surface area (Å²) in [5, 5.41) is 11.8. The molecule has 0 saturated carbocycles. The highest BCUT2D eigenvalue weighted by Gasteiger charge is 2.09. The lowest BCUT2D eigenvalue weighted by atomic mass is 10.2. The minimum atomic E-state index is -0.623. The number of rotatable bonds is 8. The maximum atomic E-state index is 11.9. The van der Waals surface area contributed by atoms with Crippen LogP contribution in [0.5, 0.6) is 0 Å². The third kappa shape index (κ3) is 5.68. The van der Waals surface area contributed by atoms with Gasteiger partial charge >= 0.3 is 6.09 Å². The third-order valence-electron chi connectivity index (χ3n) is 4.01. The molecule has 0 fully saturated rings. The summed E-state index contributed by atoms with van der Waals surface area (Å²) in [6.45, 7) is 3.00. The van der Waals surface area contributed by atoms with Gasteiger partial charge < -0.3 is 15.4 Å². The molecule has 0 atom stereocenters. The van der Waals surface area contributed by atoms with Gasteiger partial charge in [0.25, 0.3) is 0 Å². The average molecular weight is 398 g/mol. The second-order valence-electron chi connectivity index (χ2n) is 6.14. The van der Waals surface area contributed by atoms with Gasteiger partial charge in [-0.25, -0.2) is 4.79 Å². The van der Waals surface area contributed by atoms with E-state index in [-0.39, 0.29) is 19.1 Å². The van der Waals surface area contributed by atoms with Gasteiger partial charge in [0, 0.05) is 12.2 Å². The molecule has 8 heteroatoms. The smallest absolute Gasteiger partial charge is 0.407 e. The minimum Gasteiger partial charge on any atom is -0.445 e. The molecule has 146 valence electrons. The number of alkyl carbamates (subject to hydrolysis) is 1. The number of thiophene rings is 1. The summed E-state index contributed by atoms with van der Waals surface area (Å²) in [4.78, 5) is 24.6. The molecule has 3 aromatic rings. The van der Waals surface area contributed by atoms with Crippen LogP contribution in [0, 0.1) is 6.92 Å². The van der Waals surface area contributed by atoms with E-state index in [1.165, 1.54) is 0 Å². The van der Waals surface area contributed by atoms with Gasteiger partial charge in [0.2, 0.25) is 5.91 Å². The van der Waals surface area contributed by atoms with Crippen LogP contribution in [0.25, 0.3) is 10.6 Å². The number of hydrogen-bond donors (Lipinski definition) is 2. The molecule has 3 rings (SSSR count). The fourth-order valence-electron chi connectivity index (χ4n) is 2.57. The molecule has 0 aliphatic carbocycles. The molecule has 1 aromatic carbocycles. The van der Waals surface area contributed by atoms with Gasteiger partial charge in [-0.3, -0.25) is 9.48 Å². The van der Waals surface area contributed by atoms with Crippen LogP contribution in [0.3, 0.4) is 0 Å². The number of hydrogen-bond acceptors (Lipinski definition) is 5. The molecule has 0 spiro atoms. The number of amides is 2. The number of aromatic nitrogens is 2. The topological polar surface area (TPSA) is 85.3 Å². The van der Waals surface area contributed by atoms with Crippen LogP contribution in [0.2, 0.25) is 0 Å². The van der Waals surface area contributed by atoms with E-state index in [9.17, 15) is 9.59 Å². The highest BCUT2D eigenvalue weighted by atomic mass is 32.1. The van der Waals surface area contributed by atoms with Crippen LogP contribution in [-0.4, -0.2) is 34.9 Å². The SMILES string of the molecule is Cc1cc(-c2cccs2)nn1CCNC(=O)CNC(=O)OCc1ccccc1. The molecule has 0 aliphatic heterocycles. The van der Waals surface area contributed by atoms with E-state index in [1.54, 1.807) is 11.3 Å². The van der Waals surface area contributed by atoms with Crippen molar-refractivity contribution in [1.82, 2.24) is 20.4 Å². The first-order valence-electron chi connectivity index (χ1n) is 8.91. The zero-order chi connectivity index (χ0) is 19.8. The Bertz CT molecular complexity index is 907. The van der Waals surface area contributed by atoms with Gasteiger partial charge in [-0.2, -0.15) is 5.10 Å². The number of nitrogens with zero attached hydrogens (tertiary/aromatic N) is 2. The molecule has 2 amide bonds. The van der Waals surface area contributed by atoms with E-state index in [1.807, 2.05) is 65.5 Å². The van der Waals surface area contributed by atoms with E-state index in [4.69, 9.17) is 4.74 Å². The molecule has 7 nitrogen and oxygen atoms in total. The number of benzene rings is 1. The van der Waals surface area contributed by atoms with Crippen molar-refractivity contribution in [2.24, 2.45) is 0 Å². The first-order valence-corrected chi connectivity index (χ1v) is 9.79. The largest absolute Gasteiger partial charge is 0.445 e. The lowest BCUT2D eigenvalue weighted by molar-refractivity contribution is -0.120.